The standard InChI is InChI=1S/C26H31N5O2S/c1-17-18(2)31(15-20-8-6-12-33-20)25(21(17)13-27)29-24(32)16-30-11-5-7-19(14-30)26-28-22-9-3-4-10-23(22)34-26/h3-4,9-10,19-20H,5-8,11-12,14-16H2,1-2H3,(H,29,32)/t19-,20+/m0/s1. The fourth-order valence-electron chi connectivity index (χ4n) is 5.19. The van der Waals surface area contributed by atoms with Crippen LogP contribution in [0.25, 0.3) is 10.2 Å². The molecule has 2 aliphatic rings. The van der Waals surface area contributed by atoms with Crippen molar-refractivity contribution in [2.24, 2.45) is 0 Å². The van der Waals surface area contributed by atoms with Crippen LogP contribution in [0.2, 0.25) is 0 Å². The van der Waals surface area contributed by atoms with Crippen LogP contribution in [0, 0.1) is 25.2 Å². The van der Waals surface area contributed by atoms with Gasteiger partial charge in [0.25, 0.3) is 0 Å². The van der Waals surface area contributed by atoms with E-state index in [4.69, 9.17) is 9.72 Å². The highest BCUT2D eigenvalue weighted by molar-refractivity contribution is 7.18. The lowest BCUT2D eigenvalue weighted by molar-refractivity contribution is -0.117. The van der Waals surface area contributed by atoms with Crippen molar-refractivity contribution in [2.75, 3.05) is 31.6 Å². The first-order valence-electron chi connectivity index (χ1n) is 12.1. The second-order valence-corrected chi connectivity index (χ2v) is 10.5. The van der Waals surface area contributed by atoms with Crippen molar-refractivity contribution >= 4 is 33.3 Å². The highest BCUT2D eigenvalue weighted by Gasteiger charge is 2.27. The van der Waals surface area contributed by atoms with Gasteiger partial charge in [-0.15, -0.1) is 11.3 Å². The number of hydrogen-bond acceptors (Lipinski definition) is 6. The van der Waals surface area contributed by atoms with Crippen molar-refractivity contribution in [1.82, 2.24) is 14.5 Å². The number of nitrogens with zero attached hydrogens (tertiary/aromatic N) is 4. The van der Waals surface area contributed by atoms with Crippen LogP contribution in [0.15, 0.2) is 24.3 Å². The molecule has 0 radical (unpaired) electrons. The van der Waals surface area contributed by atoms with Crippen molar-refractivity contribution in [3.8, 4) is 6.07 Å². The molecule has 0 bridgehead atoms. The lowest BCUT2D eigenvalue weighted by atomic mass is 9.99. The van der Waals surface area contributed by atoms with Gasteiger partial charge in [0, 0.05) is 24.8 Å². The molecule has 2 aliphatic heterocycles. The first-order valence-corrected chi connectivity index (χ1v) is 12.9. The van der Waals surface area contributed by atoms with E-state index < -0.39 is 0 Å². The molecule has 7 nitrogen and oxygen atoms in total. The summed E-state index contributed by atoms with van der Waals surface area (Å²) in [4.78, 5) is 20.2. The van der Waals surface area contributed by atoms with Gasteiger partial charge in [0.2, 0.25) is 5.91 Å². The van der Waals surface area contributed by atoms with Gasteiger partial charge in [-0.1, -0.05) is 12.1 Å². The Kier molecular flexibility index (Phi) is 6.68. The van der Waals surface area contributed by atoms with Crippen LogP contribution in [0.5, 0.6) is 0 Å². The van der Waals surface area contributed by atoms with Gasteiger partial charge in [-0.2, -0.15) is 5.26 Å². The molecular weight excluding hydrogens is 446 g/mol. The molecule has 0 unspecified atom stereocenters. The van der Waals surface area contributed by atoms with Gasteiger partial charge < -0.3 is 14.6 Å². The molecule has 1 amide bonds. The maximum absolute atomic E-state index is 13.1. The normalized spacial score (nSPS) is 21.1. The second-order valence-electron chi connectivity index (χ2n) is 9.43. The van der Waals surface area contributed by atoms with Gasteiger partial charge in [-0.25, -0.2) is 4.98 Å². The summed E-state index contributed by atoms with van der Waals surface area (Å²) in [5, 5.41) is 14.0. The smallest absolute Gasteiger partial charge is 0.239 e. The number of nitriles is 1. The Labute approximate surface area is 204 Å². The summed E-state index contributed by atoms with van der Waals surface area (Å²) in [6.07, 6.45) is 4.34. The molecule has 4 heterocycles. The third-order valence-corrected chi connectivity index (χ3v) is 8.34. The minimum Gasteiger partial charge on any atom is -0.376 e. The molecule has 3 aromatic rings. The molecule has 34 heavy (non-hydrogen) atoms. The Morgan fingerprint density at radius 2 is 2.15 bits per heavy atom. The zero-order chi connectivity index (χ0) is 23.7. The minimum absolute atomic E-state index is 0.0764. The largest absolute Gasteiger partial charge is 0.376 e. The fourth-order valence-corrected chi connectivity index (χ4v) is 6.28. The van der Waals surface area contributed by atoms with E-state index in [1.807, 2.05) is 19.9 Å². The van der Waals surface area contributed by atoms with Gasteiger partial charge in [0.1, 0.15) is 11.9 Å². The number of para-hydroxylation sites is 1. The van der Waals surface area contributed by atoms with E-state index in [9.17, 15) is 10.1 Å². The quantitative estimate of drug-likeness (QED) is 0.562. The van der Waals surface area contributed by atoms with E-state index in [-0.39, 0.29) is 12.0 Å². The molecule has 0 saturated carbocycles. The molecule has 5 rings (SSSR count). The zero-order valence-corrected chi connectivity index (χ0v) is 20.7. The molecular formula is C26H31N5O2S. The monoisotopic (exact) mass is 477 g/mol. The molecule has 1 aromatic carbocycles. The highest BCUT2D eigenvalue weighted by Crippen LogP contribution is 2.33. The molecule has 8 heteroatoms. The summed E-state index contributed by atoms with van der Waals surface area (Å²) < 4.78 is 9.10. The Bertz CT molecular complexity index is 1200. The number of piperidine rings is 1. The molecule has 1 N–H and O–H groups in total. The molecule has 2 atom stereocenters. The summed E-state index contributed by atoms with van der Waals surface area (Å²) >= 11 is 1.76. The number of benzene rings is 1. The van der Waals surface area contributed by atoms with Crippen molar-refractivity contribution in [1.29, 1.82) is 5.26 Å². The number of anilines is 1. The van der Waals surface area contributed by atoms with E-state index in [2.05, 4.69) is 39.1 Å². The predicted octanol–water partition coefficient (Wildman–Crippen LogP) is 4.58. The summed E-state index contributed by atoms with van der Waals surface area (Å²) in [5.74, 6) is 0.881. The average molecular weight is 478 g/mol. The van der Waals surface area contributed by atoms with Gasteiger partial charge in [-0.05, 0) is 63.8 Å². The third-order valence-electron chi connectivity index (χ3n) is 7.14. The topological polar surface area (TPSA) is 83.2 Å². The number of carbonyl (C=O) groups excluding carboxylic acids is 1. The number of hydrogen-bond donors (Lipinski definition) is 1. The maximum atomic E-state index is 13.1. The van der Waals surface area contributed by atoms with E-state index >= 15 is 0 Å². The number of rotatable bonds is 6. The van der Waals surface area contributed by atoms with Gasteiger partial charge in [0.15, 0.2) is 0 Å². The Morgan fingerprint density at radius 1 is 1.29 bits per heavy atom. The highest BCUT2D eigenvalue weighted by atomic mass is 32.1. The SMILES string of the molecule is Cc1c(C#N)c(NC(=O)CN2CCC[C@H](c3nc4ccccc4s3)C2)n(C[C@H]2CCCO2)c1C. The van der Waals surface area contributed by atoms with Crippen LogP contribution in [-0.4, -0.2) is 52.7 Å². The maximum Gasteiger partial charge on any atom is 0.239 e. The van der Waals surface area contributed by atoms with E-state index in [1.54, 1.807) is 11.3 Å². The van der Waals surface area contributed by atoms with Gasteiger partial charge >= 0.3 is 0 Å². The van der Waals surface area contributed by atoms with Crippen molar-refractivity contribution in [3.63, 3.8) is 0 Å². The molecule has 0 spiro atoms. The van der Waals surface area contributed by atoms with Crippen LogP contribution in [0.1, 0.15) is 53.4 Å². The Hall–Kier alpha value is -2.73. The molecule has 2 fully saturated rings. The van der Waals surface area contributed by atoms with Gasteiger partial charge in [-0.3, -0.25) is 9.69 Å². The van der Waals surface area contributed by atoms with Crippen LogP contribution < -0.4 is 5.32 Å². The first kappa shape index (κ1) is 23.0. The summed E-state index contributed by atoms with van der Waals surface area (Å²) in [6, 6.07) is 10.6. The number of likely N-dealkylation sites (tertiary alicyclic amines) is 1. The number of aromatic nitrogens is 2. The third kappa shape index (κ3) is 4.61. The van der Waals surface area contributed by atoms with Crippen LogP contribution >= 0.6 is 11.3 Å². The van der Waals surface area contributed by atoms with E-state index in [0.717, 1.165) is 67.2 Å². The molecule has 2 saturated heterocycles. The van der Waals surface area contributed by atoms with Crippen LogP contribution in [0.4, 0.5) is 5.82 Å². The van der Waals surface area contributed by atoms with E-state index in [0.29, 0.717) is 30.4 Å². The summed E-state index contributed by atoms with van der Waals surface area (Å²) in [6.45, 7) is 7.43. The summed E-state index contributed by atoms with van der Waals surface area (Å²) in [5.41, 5.74) is 3.54. The number of fused-ring (bicyclic) bond motifs is 1. The fraction of sp³-hybridized carbons (Fsp3) is 0.500. The first-order chi connectivity index (χ1) is 16.5. The molecule has 0 aliphatic carbocycles. The number of nitrogens with one attached hydrogen (secondary N) is 1. The van der Waals surface area contributed by atoms with Crippen molar-refractivity contribution in [3.05, 3.63) is 46.1 Å². The van der Waals surface area contributed by atoms with Gasteiger partial charge in [0.05, 0.1) is 40.0 Å². The number of amides is 1. The minimum atomic E-state index is -0.0764. The molecule has 178 valence electrons. The Balaban J connectivity index is 1.28. The second kappa shape index (κ2) is 9.87. The number of carbonyl (C=O) groups is 1. The van der Waals surface area contributed by atoms with Crippen molar-refractivity contribution < 1.29 is 9.53 Å². The average Bonchev–Trinajstić information content (AvgIpc) is 3.55. The van der Waals surface area contributed by atoms with Crippen LogP contribution in [-0.2, 0) is 16.1 Å². The lowest BCUT2D eigenvalue weighted by Gasteiger charge is -2.31. The molecule has 2 aromatic heterocycles. The summed E-state index contributed by atoms with van der Waals surface area (Å²) in [7, 11) is 0. The Morgan fingerprint density at radius 3 is 2.91 bits per heavy atom. The van der Waals surface area contributed by atoms with Crippen LogP contribution in [0.3, 0.4) is 0 Å². The van der Waals surface area contributed by atoms with E-state index in [1.165, 1.54) is 4.70 Å². The predicted molar refractivity (Wildman–Crippen MR) is 134 cm³/mol. The van der Waals surface area contributed by atoms with Crippen molar-refractivity contribution in [2.45, 2.75) is 58.1 Å². The number of thiazole rings is 1. The number of ether oxygens (including phenoxy) is 1. The zero-order valence-electron chi connectivity index (χ0n) is 19.8. The lowest BCUT2D eigenvalue weighted by Crippen LogP contribution is -2.40.